The van der Waals surface area contributed by atoms with Crippen molar-refractivity contribution >= 4 is 44.9 Å². The lowest BCUT2D eigenvalue weighted by atomic mass is 10.0. The van der Waals surface area contributed by atoms with Crippen molar-refractivity contribution < 1.29 is 13.6 Å². The second-order valence-corrected chi connectivity index (χ2v) is 9.81. The fourth-order valence-electron chi connectivity index (χ4n) is 4.08. The van der Waals surface area contributed by atoms with Crippen molar-refractivity contribution in [2.24, 2.45) is 5.92 Å². The number of aromatic amines is 2. The van der Waals surface area contributed by atoms with Crippen molar-refractivity contribution in [1.29, 1.82) is 0 Å². The van der Waals surface area contributed by atoms with Gasteiger partial charge in [0.05, 0.1) is 33.2 Å². The molecule has 0 aliphatic heterocycles. The van der Waals surface area contributed by atoms with Crippen LogP contribution in [0.2, 0.25) is 0 Å². The van der Waals surface area contributed by atoms with Crippen molar-refractivity contribution in [2.45, 2.75) is 13.8 Å². The monoisotopic (exact) mass is 515 g/mol. The minimum atomic E-state index is -0.505. The van der Waals surface area contributed by atoms with Crippen molar-refractivity contribution in [3.8, 4) is 33.2 Å². The van der Waals surface area contributed by atoms with Crippen LogP contribution in [-0.4, -0.2) is 36.0 Å². The lowest BCUT2D eigenvalue weighted by Crippen LogP contribution is -2.17. The minimum absolute atomic E-state index is 0.156. The average molecular weight is 516 g/mol. The van der Waals surface area contributed by atoms with Crippen molar-refractivity contribution in [3.05, 3.63) is 65.9 Å². The van der Waals surface area contributed by atoms with E-state index in [9.17, 15) is 9.18 Å². The van der Waals surface area contributed by atoms with E-state index in [-0.39, 0.29) is 22.3 Å². The number of anilines is 1. The summed E-state index contributed by atoms with van der Waals surface area (Å²) in [6, 6.07) is 9.82. The summed E-state index contributed by atoms with van der Waals surface area (Å²) in [6.45, 7) is 3.58. The molecule has 0 bridgehead atoms. The summed E-state index contributed by atoms with van der Waals surface area (Å²) in [7, 11) is 0. The number of rotatable bonds is 5. The summed E-state index contributed by atoms with van der Waals surface area (Å²) in [5, 5.41) is 9.92. The Hall–Kier alpha value is -4.51. The number of pyridine rings is 2. The first-order valence-electron chi connectivity index (χ1n) is 11.4. The molecule has 0 radical (unpaired) electrons. The predicted molar refractivity (Wildman–Crippen MR) is 139 cm³/mol. The zero-order valence-corrected chi connectivity index (χ0v) is 20.5. The molecule has 0 spiro atoms. The van der Waals surface area contributed by atoms with Crippen LogP contribution in [0.1, 0.15) is 13.8 Å². The third-order valence-electron chi connectivity index (χ3n) is 5.94. The van der Waals surface area contributed by atoms with Crippen LogP contribution in [-0.2, 0) is 4.79 Å². The van der Waals surface area contributed by atoms with E-state index in [1.165, 1.54) is 18.5 Å². The number of H-pyrrole nitrogens is 2. The maximum absolute atomic E-state index is 16.0. The van der Waals surface area contributed by atoms with E-state index in [2.05, 4.69) is 35.5 Å². The Bertz CT molecular complexity index is 1800. The van der Waals surface area contributed by atoms with Gasteiger partial charge >= 0.3 is 0 Å². The third kappa shape index (κ3) is 4.02. The normalized spacial score (nSPS) is 11.6. The molecule has 5 heterocycles. The number of aromatic nitrogens is 6. The zero-order valence-electron chi connectivity index (χ0n) is 19.6. The molecule has 0 saturated heterocycles. The van der Waals surface area contributed by atoms with Gasteiger partial charge in [-0.05, 0) is 36.4 Å². The van der Waals surface area contributed by atoms with Gasteiger partial charge in [-0.15, -0.1) is 11.3 Å². The Morgan fingerprint density at radius 1 is 1.05 bits per heavy atom. The molecule has 3 N–H and O–H groups in total. The second kappa shape index (κ2) is 8.86. The van der Waals surface area contributed by atoms with Gasteiger partial charge in [-0.25, -0.2) is 9.37 Å². The number of halogens is 2. The molecular formula is C26H19F2N7OS. The van der Waals surface area contributed by atoms with Gasteiger partial charge in [-0.3, -0.25) is 19.9 Å². The van der Waals surface area contributed by atoms with Gasteiger partial charge < -0.3 is 10.3 Å². The number of hydrogen-bond donors (Lipinski definition) is 3. The largest absolute Gasteiger partial charge is 0.336 e. The molecule has 0 aliphatic rings. The van der Waals surface area contributed by atoms with Gasteiger partial charge in [0, 0.05) is 29.4 Å². The second-order valence-electron chi connectivity index (χ2n) is 8.77. The highest BCUT2D eigenvalue weighted by atomic mass is 32.1. The molecular weight excluding hydrogens is 496 g/mol. The molecule has 0 unspecified atom stereocenters. The van der Waals surface area contributed by atoms with E-state index in [1.54, 1.807) is 50.4 Å². The molecule has 0 aliphatic carbocycles. The first-order valence-corrected chi connectivity index (χ1v) is 12.2. The molecule has 0 atom stereocenters. The van der Waals surface area contributed by atoms with Crippen LogP contribution in [0.15, 0.2) is 55.0 Å². The van der Waals surface area contributed by atoms with E-state index < -0.39 is 5.82 Å². The molecule has 1 aromatic carbocycles. The fourth-order valence-corrected chi connectivity index (χ4v) is 4.81. The number of fused-ring (bicyclic) bond motifs is 2. The maximum Gasteiger partial charge on any atom is 0.226 e. The summed E-state index contributed by atoms with van der Waals surface area (Å²) in [6.07, 6.45) is 4.66. The number of nitrogens with one attached hydrogen (secondary N) is 3. The smallest absolute Gasteiger partial charge is 0.226 e. The van der Waals surface area contributed by atoms with Crippen molar-refractivity contribution in [2.75, 3.05) is 5.32 Å². The van der Waals surface area contributed by atoms with Gasteiger partial charge in [0.1, 0.15) is 22.7 Å². The van der Waals surface area contributed by atoms with E-state index >= 15 is 4.39 Å². The first-order chi connectivity index (χ1) is 17.9. The molecule has 6 rings (SSSR count). The number of imidazole rings is 1. The van der Waals surface area contributed by atoms with Crippen LogP contribution in [0.5, 0.6) is 0 Å². The van der Waals surface area contributed by atoms with Crippen LogP contribution in [0.25, 0.3) is 55.2 Å². The maximum atomic E-state index is 16.0. The summed E-state index contributed by atoms with van der Waals surface area (Å²) >= 11 is 0.976. The third-order valence-corrected chi connectivity index (χ3v) is 6.82. The van der Waals surface area contributed by atoms with Gasteiger partial charge in [-0.1, -0.05) is 13.8 Å². The Morgan fingerprint density at radius 2 is 1.92 bits per heavy atom. The standard InChI is InChI=1S/C26H19F2N7OS/c1-12(2)26(36)31-14-9-13(10-29-11-14)15-3-4-16-20(21(15)28)24(35-34-16)25-32-17-7-8-30-23(22(17)33-25)18-5-6-19(27)37-18/h3-12H,1-2H3,(H,31,36)(H,32,33)(H,34,35). The molecule has 6 aromatic rings. The topological polar surface area (TPSA) is 112 Å². The highest BCUT2D eigenvalue weighted by Gasteiger charge is 2.21. The van der Waals surface area contributed by atoms with E-state index in [0.29, 0.717) is 55.5 Å². The van der Waals surface area contributed by atoms with Crippen LogP contribution in [0, 0.1) is 16.9 Å². The van der Waals surface area contributed by atoms with E-state index in [1.807, 2.05) is 0 Å². The van der Waals surface area contributed by atoms with Crippen LogP contribution in [0.3, 0.4) is 0 Å². The Morgan fingerprint density at radius 3 is 2.70 bits per heavy atom. The lowest BCUT2D eigenvalue weighted by Gasteiger charge is -2.10. The molecule has 5 aromatic heterocycles. The highest BCUT2D eigenvalue weighted by molar-refractivity contribution is 7.13. The molecule has 0 fully saturated rings. The van der Waals surface area contributed by atoms with Crippen molar-refractivity contribution in [1.82, 2.24) is 30.1 Å². The molecule has 8 nitrogen and oxygen atoms in total. The Balaban J connectivity index is 1.45. The van der Waals surface area contributed by atoms with E-state index in [4.69, 9.17) is 0 Å². The zero-order chi connectivity index (χ0) is 25.7. The number of hydrogen-bond acceptors (Lipinski definition) is 6. The van der Waals surface area contributed by atoms with Crippen LogP contribution in [0.4, 0.5) is 14.5 Å². The van der Waals surface area contributed by atoms with Gasteiger partial charge in [0.25, 0.3) is 0 Å². The minimum Gasteiger partial charge on any atom is -0.336 e. The molecule has 1 amide bonds. The lowest BCUT2D eigenvalue weighted by molar-refractivity contribution is -0.118. The molecule has 184 valence electrons. The Labute approximate surface area is 212 Å². The summed E-state index contributed by atoms with van der Waals surface area (Å²) < 4.78 is 29.6. The van der Waals surface area contributed by atoms with Crippen molar-refractivity contribution in [3.63, 3.8) is 0 Å². The average Bonchev–Trinajstić information content (AvgIpc) is 3.62. The van der Waals surface area contributed by atoms with Crippen LogP contribution >= 0.6 is 11.3 Å². The van der Waals surface area contributed by atoms with Gasteiger partial charge in [0.2, 0.25) is 5.91 Å². The van der Waals surface area contributed by atoms with Gasteiger partial charge in [0.15, 0.2) is 11.0 Å². The summed E-state index contributed by atoms with van der Waals surface area (Å²) in [4.78, 5) is 29.1. The van der Waals surface area contributed by atoms with Crippen LogP contribution < -0.4 is 5.32 Å². The predicted octanol–water partition coefficient (Wildman–Crippen LogP) is 6.16. The quantitative estimate of drug-likeness (QED) is 0.254. The first kappa shape index (κ1) is 22.9. The number of carbonyl (C=O) groups is 1. The number of benzene rings is 1. The van der Waals surface area contributed by atoms with Gasteiger partial charge in [-0.2, -0.15) is 9.49 Å². The molecule has 0 saturated carbocycles. The summed E-state index contributed by atoms with van der Waals surface area (Å²) in [5.74, 6) is -0.520. The van der Waals surface area contributed by atoms with E-state index in [0.717, 1.165) is 11.3 Å². The Kier molecular flexibility index (Phi) is 5.49. The highest BCUT2D eigenvalue weighted by Crippen LogP contribution is 2.36. The molecule has 11 heteroatoms. The number of thiophene rings is 1. The molecule has 37 heavy (non-hydrogen) atoms. The number of amides is 1. The number of nitrogens with zero attached hydrogens (tertiary/aromatic N) is 4. The SMILES string of the molecule is CC(C)C(=O)Nc1cncc(-c2ccc3[nH]nc(-c4nc5c(-c6ccc(F)s6)nccc5[nH]4)c3c2F)c1. The number of carbonyl (C=O) groups excluding carboxylic acids is 1. The summed E-state index contributed by atoms with van der Waals surface area (Å²) in [5.41, 5.74) is 3.80. The fraction of sp³-hybridized carbons (Fsp3) is 0.115.